The quantitative estimate of drug-likeness (QED) is 0.918. The largest absolute Gasteiger partial charge is 0.353 e. The van der Waals surface area contributed by atoms with E-state index < -0.39 is 0 Å². The number of hydrogen-bond donors (Lipinski definition) is 1. The third kappa shape index (κ3) is 3.78. The van der Waals surface area contributed by atoms with Gasteiger partial charge in [0.05, 0.1) is 17.1 Å². The van der Waals surface area contributed by atoms with E-state index in [1.807, 2.05) is 32.0 Å². The van der Waals surface area contributed by atoms with E-state index in [1.54, 1.807) is 0 Å². The summed E-state index contributed by atoms with van der Waals surface area (Å²) < 4.78 is 2.17. The van der Waals surface area contributed by atoms with Gasteiger partial charge in [0.2, 0.25) is 5.91 Å². The number of aromatic nitrogens is 2. The Kier molecular flexibility index (Phi) is 5.51. The molecule has 0 aliphatic carbocycles. The van der Waals surface area contributed by atoms with E-state index in [1.165, 1.54) is 25.7 Å². The number of benzene rings is 1. The standard InChI is InChI=1S/C19H28N4O/c1-15(22-12-7-3-4-8-13-22)19(24)20-11-14-23-16(2)21-17-9-5-6-10-18(17)23/h5-6,9-10,15H,3-4,7-8,11-14H2,1-2H3,(H,20,24). The fourth-order valence-corrected chi connectivity index (χ4v) is 3.57. The molecule has 1 aromatic carbocycles. The number of likely N-dealkylation sites (tertiary alicyclic amines) is 1. The molecular formula is C19H28N4O. The highest BCUT2D eigenvalue weighted by Crippen LogP contribution is 2.15. The molecule has 1 fully saturated rings. The van der Waals surface area contributed by atoms with E-state index >= 15 is 0 Å². The Morgan fingerprint density at radius 1 is 1.21 bits per heavy atom. The molecule has 1 saturated heterocycles. The van der Waals surface area contributed by atoms with E-state index in [0.29, 0.717) is 6.54 Å². The lowest BCUT2D eigenvalue weighted by molar-refractivity contribution is -0.125. The second-order valence-electron chi connectivity index (χ2n) is 6.72. The minimum absolute atomic E-state index is 0.0382. The Bertz CT molecular complexity index is 686. The van der Waals surface area contributed by atoms with Gasteiger partial charge in [-0.25, -0.2) is 4.98 Å². The van der Waals surface area contributed by atoms with Crippen molar-refractivity contribution in [1.82, 2.24) is 19.8 Å². The highest BCUT2D eigenvalue weighted by Gasteiger charge is 2.21. The molecule has 1 atom stereocenters. The fraction of sp³-hybridized carbons (Fsp3) is 0.579. The van der Waals surface area contributed by atoms with E-state index in [0.717, 1.165) is 36.5 Å². The van der Waals surface area contributed by atoms with Crippen LogP contribution in [0.5, 0.6) is 0 Å². The number of amides is 1. The predicted octanol–water partition coefficient (Wildman–Crippen LogP) is 2.73. The van der Waals surface area contributed by atoms with Crippen molar-refractivity contribution in [2.24, 2.45) is 0 Å². The average Bonchev–Trinajstić information content (AvgIpc) is 2.77. The minimum Gasteiger partial charge on any atom is -0.353 e. The summed E-state index contributed by atoms with van der Waals surface area (Å²) in [5, 5.41) is 3.10. The molecule has 1 aromatic heterocycles. The summed E-state index contributed by atoms with van der Waals surface area (Å²) in [4.78, 5) is 19.3. The Hall–Kier alpha value is -1.88. The zero-order valence-corrected chi connectivity index (χ0v) is 14.8. The summed E-state index contributed by atoms with van der Waals surface area (Å²) >= 11 is 0. The molecule has 3 rings (SSSR count). The molecule has 1 aliphatic heterocycles. The van der Waals surface area contributed by atoms with Crippen LogP contribution < -0.4 is 5.32 Å². The van der Waals surface area contributed by atoms with Crippen molar-refractivity contribution in [3.8, 4) is 0 Å². The third-order valence-electron chi connectivity index (χ3n) is 5.05. The molecule has 1 N–H and O–H groups in total. The van der Waals surface area contributed by atoms with Gasteiger partial charge in [0.25, 0.3) is 0 Å². The van der Waals surface area contributed by atoms with Gasteiger partial charge in [-0.3, -0.25) is 9.69 Å². The molecule has 0 spiro atoms. The first-order chi connectivity index (χ1) is 11.7. The van der Waals surface area contributed by atoms with E-state index in [4.69, 9.17) is 0 Å². The first-order valence-corrected chi connectivity index (χ1v) is 9.10. The molecule has 24 heavy (non-hydrogen) atoms. The SMILES string of the molecule is Cc1nc2ccccc2n1CCNC(=O)C(C)N1CCCCCC1. The smallest absolute Gasteiger partial charge is 0.237 e. The topological polar surface area (TPSA) is 50.2 Å². The van der Waals surface area contributed by atoms with Crippen LogP contribution in [0, 0.1) is 6.92 Å². The van der Waals surface area contributed by atoms with Crippen molar-refractivity contribution in [1.29, 1.82) is 0 Å². The first kappa shape index (κ1) is 17.0. The van der Waals surface area contributed by atoms with Crippen LogP contribution in [-0.2, 0) is 11.3 Å². The van der Waals surface area contributed by atoms with Crippen molar-refractivity contribution < 1.29 is 4.79 Å². The second kappa shape index (κ2) is 7.79. The molecule has 1 amide bonds. The summed E-state index contributed by atoms with van der Waals surface area (Å²) in [6, 6.07) is 8.10. The molecule has 5 nitrogen and oxygen atoms in total. The van der Waals surface area contributed by atoms with Crippen LogP contribution in [0.25, 0.3) is 11.0 Å². The maximum atomic E-state index is 12.5. The lowest BCUT2D eigenvalue weighted by Gasteiger charge is -2.26. The Labute approximate surface area is 144 Å². The highest BCUT2D eigenvalue weighted by molar-refractivity contribution is 5.81. The van der Waals surface area contributed by atoms with Gasteiger partial charge in [0.15, 0.2) is 0 Å². The van der Waals surface area contributed by atoms with Crippen LogP contribution in [0.1, 0.15) is 38.4 Å². The van der Waals surface area contributed by atoms with E-state index in [9.17, 15) is 4.79 Å². The van der Waals surface area contributed by atoms with Gasteiger partial charge in [-0.15, -0.1) is 0 Å². The van der Waals surface area contributed by atoms with Crippen molar-refractivity contribution in [2.45, 2.75) is 52.1 Å². The van der Waals surface area contributed by atoms with Crippen LogP contribution in [-0.4, -0.2) is 46.0 Å². The number of nitrogens with one attached hydrogen (secondary N) is 1. The lowest BCUT2D eigenvalue weighted by atomic mass is 10.2. The highest BCUT2D eigenvalue weighted by atomic mass is 16.2. The number of aryl methyl sites for hydroxylation is 1. The molecular weight excluding hydrogens is 300 g/mol. The third-order valence-corrected chi connectivity index (χ3v) is 5.05. The van der Waals surface area contributed by atoms with Crippen LogP contribution in [0.2, 0.25) is 0 Å². The molecule has 130 valence electrons. The number of nitrogens with zero attached hydrogens (tertiary/aromatic N) is 3. The van der Waals surface area contributed by atoms with Gasteiger partial charge in [-0.05, 0) is 51.9 Å². The maximum absolute atomic E-state index is 12.5. The Balaban J connectivity index is 1.55. The Morgan fingerprint density at radius 2 is 1.92 bits per heavy atom. The van der Waals surface area contributed by atoms with Gasteiger partial charge in [-0.2, -0.15) is 0 Å². The second-order valence-corrected chi connectivity index (χ2v) is 6.72. The molecule has 5 heteroatoms. The summed E-state index contributed by atoms with van der Waals surface area (Å²) in [5.41, 5.74) is 2.14. The lowest BCUT2D eigenvalue weighted by Crippen LogP contribution is -2.46. The van der Waals surface area contributed by atoms with Gasteiger partial charge in [0.1, 0.15) is 5.82 Å². The zero-order chi connectivity index (χ0) is 16.9. The predicted molar refractivity (Wildman–Crippen MR) is 97.0 cm³/mol. The number of rotatable bonds is 5. The van der Waals surface area contributed by atoms with Crippen molar-refractivity contribution in [2.75, 3.05) is 19.6 Å². The summed E-state index contributed by atoms with van der Waals surface area (Å²) in [6.07, 6.45) is 4.99. The van der Waals surface area contributed by atoms with Gasteiger partial charge >= 0.3 is 0 Å². The molecule has 2 heterocycles. The number of carbonyl (C=O) groups is 1. The number of hydrogen-bond acceptors (Lipinski definition) is 3. The van der Waals surface area contributed by atoms with E-state index in [-0.39, 0.29) is 11.9 Å². The van der Waals surface area contributed by atoms with Crippen molar-refractivity contribution in [3.05, 3.63) is 30.1 Å². The normalized spacial score (nSPS) is 17.6. The fourth-order valence-electron chi connectivity index (χ4n) is 3.57. The van der Waals surface area contributed by atoms with Crippen molar-refractivity contribution >= 4 is 16.9 Å². The van der Waals surface area contributed by atoms with Crippen molar-refractivity contribution in [3.63, 3.8) is 0 Å². The number of carbonyl (C=O) groups excluding carboxylic acids is 1. The molecule has 0 bridgehead atoms. The molecule has 0 radical (unpaired) electrons. The molecule has 1 aliphatic rings. The average molecular weight is 328 g/mol. The number of fused-ring (bicyclic) bond motifs is 1. The maximum Gasteiger partial charge on any atom is 0.237 e. The molecule has 1 unspecified atom stereocenters. The van der Waals surface area contributed by atoms with Gasteiger partial charge < -0.3 is 9.88 Å². The molecule has 0 saturated carbocycles. The summed E-state index contributed by atoms with van der Waals surface area (Å²) in [7, 11) is 0. The van der Waals surface area contributed by atoms with Crippen LogP contribution >= 0.6 is 0 Å². The van der Waals surface area contributed by atoms with E-state index in [2.05, 4.69) is 25.8 Å². The van der Waals surface area contributed by atoms with Crippen LogP contribution in [0.15, 0.2) is 24.3 Å². The van der Waals surface area contributed by atoms with Gasteiger partial charge in [0, 0.05) is 13.1 Å². The van der Waals surface area contributed by atoms with Gasteiger partial charge in [-0.1, -0.05) is 25.0 Å². The number of para-hydroxylation sites is 2. The number of imidazole rings is 1. The first-order valence-electron chi connectivity index (χ1n) is 9.10. The van der Waals surface area contributed by atoms with Crippen LogP contribution in [0.4, 0.5) is 0 Å². The monoisotopic (exact) mass is 328 g/mol. The Morgan fingerprint density at radius 3 is 2.67 bits per heavy atom. The summed E-state index contributed by atoms with van der Waals surface area (Å²) in [5.74, 6) is 1.13. The molecule has 2 aromatic rings. The zero-order valence-electron chi connectivity index (χ0n) is 14.8. The summed E-state index contributed by atoms with van der Waals surface area (Å²) in [6.45, 7) is 7.52. The minimum atomic E-state index is -0.0382. The van der Waals surface area contributed by atoms with Crippen LogP contribution in [0.3, 0.4) is 0 Å².